The second kappa shape index (κ2) is 6.29. The van der Waals surface area contributed by atoms with Crippen LogP contribution in [0.15, 0.2) is 42.6 Å². The first kappa shape index (κ1) is 18.6. The molecule has 1 N–H and O–H groups in total. The number of aryl methyl sites for hydroxylation is 1. The van der Waals surface area contributed by atoms with Gasteiger partial charge in [0.2, 0.25) is 5.91 Å². The van der Waals surface area contributed by atoms with Gasteiger partial charge >= 0.3 is 6.18 Å². The van der Waals surface area contributed by atoms with E-state index in [0.29, 0.717) is 17.8 Å². The number of amides is 1. The molecule has 0 spiro atoms. The van der Waals surface area contributed by atoms with E-state index in [4.69, 9.17) is 4.74 Å². The number of alkyl halides is 3. The molecule has 1 aromatic heterocycles. The number of benzene rings is 1. The quantitative estimate of drug-likeness (QED) is 0.828. The molecule has 3 aliphatic rings. The largest absolute Gasteiger partial charge is 0.416 e. The number of carbonyl (C=O) groups is 1. The summed E-state index contributed by atoms with van der Waals surface area (Å²) in [4.78, 5) is 17.5. The van der Waals surface area contributed by atoms with Gasteiger partial charge in [-0.1, -0.05) is 13.0 Å². The lowest BCUT2D eigenvalue weighted by molar-refractivity contribution is -0.137. The van der Waals surface area contributed by atoms with Gasteiger partial charge in [0.05, 0.1) is 23.7 Å². The van der Waals surface area contributed by atoms with Gasteiger partial charge in [-0.05, 0) is 60.6 Å². The molecule has 7 heteroatoms. The summed E-state index contributed by atoms with van der Waals surface area (Å²) in [7, 11) is 0. The van der Waals surface area contributed by atoms with Crippen molar-refractivity contribution in [2.24, 2.45) is 23.7 Å². The van der Waals surface area contributed by atoms with Gasteiger partial charge in [0.25, 0.3) is 0 Å². The maximum Gasteiger partial charge on any atom is 0.416 e. The van der Waals surface area contributed by atoms with Crippen molar-refractivity contribution >= 4 is 11.6 Å². The molecule has 2 unspecified atom stereocenters. The lowest BCUT2D eigenvalue weighted by Gasteiger charge is -2.27. The van der Waals surface area contributed by atoms with Crippen LogP contribution in [0.2, 0.25) is 0 Å². The number of hydrogen-bond acceptors (Lipinski definition) is 3. The van der Waals surface area contributed by atoms with Crippen LogP contribution in [-0.2, 0) is 15.7 Å². The monoisotopic (exact) mass is 402 g/mol. The number of ether oxygens (including phenoxy) is 1. The van der Waals surface area contributed by atoms with E-state index in [1.54, 1.807) is 6.20 Å². The molecule has 2 saturated heterocycles. The van der Waals surface area contributed by atoms with E-state index >= 15 is 0 Å². The van der Waals surface area contributed by atoms with Crippen LogP contribution in [0.25, 0.3) is 0 Å². The van der Waals surface area contributed by atoms with Gasteiger partial charge in [-0.15, -0.1) is 0 Å². The van der Waals surface area contributed by atoms with Gasteiger partial charge in [-0.25, -0.2) is 0 Å². The van der Waals surface area contributed by atoms with E-state index in [0.717, 1.165) is 23.4 Å². The number of halogens is 3. The second-order valence-corrected chi connectivity index (χ2v) is 8.43. The number of carbonyl (C=O) groups excluding carboxylic acids is 1. The Labute approximate surface area is 166 Å². The van der Waals surface area contributed by atoms with Gasteiger partial charge in [-0.2, -0.15) is 13.2 Å². The summed E-state index contributed by atoms with van der Waals surface area (Å²) in [6.07, 6.45) is -2.95. The lowest BCUT2D eigenvalue weighted by Crippen LogP contribution is -2.37. The van der Waals surface area contributed by atoms with Crippen LogP contribution in [0.4, 0.5) is 18.9 Å². The first-order valence-electron chi connectivity index (χ1n) is 9.82. The molecule has 152 valence electrons. The van der Waals surface area contributed by atoms with Gasteiger partial charge in [-0.3, -0.25) is 9.78 Å². The van der Waals surface area contributed by atoms with E-state index in [1.807, 2.05) is 19.1 Å². The van der Waals surface area contributed by atoms with E-state index in [1.165, 1.54) is 12.1 Å². The number of fused-ring (bicyclic) bond motifs is 5. The van der Waals surface area contributed by atoms with Gasteiger partial charge in [0.15, 0.2) is 0 Å². The highest BCUT2D eigenvalue weighted by atomic mass is 19.4. The molecular formula is C22H21F3N2O2. The predicted octanol–water partition coefficient (Wildman–Crippen LogP) is 4.41. The number of hydrogen-bond donors (Lipinski definition) is 1. The van der Waals surface area contributed by atoms with Crippen LogP contribution < -0.4 is 5.32 Å². The summed E-state index contributed by atoms with van der Waals surface area (Å²) in [5.74, 6) is 0.498. The minimum absolute atomic E-state index is 0.0286. The lowest BCUT2D eigenvalue weighted by atomic mass is 9.75. The molecule has 2 aliphatic heterocycles. The Balaban J connectivity index is 1.45. The highest BCUT2D eigenvalue weighted by molar-refractivity contribution is 5.94. The van der Waals surface area contributed by atoms with Gasteiger partial charge in [0.1, 0.15) is 0 Å². The van der Waals surface area contributed by atoms with Crippen molar-refractivity contribution in [3.63, 3.8) is 0 Å². The molecule has 7 atom stereocenters. The van der Waals surface area contributed by atoms with E-state index in [9.17, 15) is 18.0 Å². The first-order valence-corrected chi connectivity index (χ1v) is 9.82. The zero-order valence-corrected chi connectivity index (χ0v) is 16.0. The summed E-state index contributed by atoms with van der Waals surface area (Å²) in [5, 5.41) is 2.71. The zero-order chi connectivity index (χ0) is 20.5. The van der Waals surface area contributed by atoms with Crippen molar-refractivity contribution in [3.8, 4) is 0 Å². The van der Waals surface area contributed by atoms with Crippen LogP contribution in [0.1, 0.15) is 29.7 Å². The molecule has 0 radical (unpaired) electrons. The topological polar surface area (TPSA) is 51.2 Å². The van der Waals surface area contributed by atoms with Crippen molar-refractivity contribution in [3.05, 3.63) is 59.4 Å². The Bertz CT molecular complexity index is 977. The molecule has 4 nitrogen and oxygen atoms in total. The molecular weight excluding hydrogens is 381 g/mol. The molecule has 2 aromatic rings. The SMILES string of the molecule is Cc1cc([C@@H]2[C@H](C(=O)Nc3cccc(C(F)(F)F)c3)[C@@H]3O[C@H]2C2C3[C@@H]2C)ccn1. The molecule has 1 aliphatic carbocycles. The van der Waals surface area contributed by atoms with Crippen molar-refractivity contribution in [2.45, 2.75) is 38.1 Å². The summed E-state index contributed by atoms with van der Waals surface area (Å²) in [6.45, 7) is 4.08. The number of pyridine rings is 1. The average molecular weight is 402 g/mol. The fourth-order valence-electron chi connectivity index (χ4n) is 5.46. The van der Waals surface area contributed by atoms with Crippen LogP contribution >= 0.6 is 0 Å². The minimum Gasteiger partial charge on any atom is -0.373 e. The van der Waals surface area contributed by atoms with Gasteiger partial charge < -0.3 is 10.1 Å². The fraction of sp³-hybridized carbons (Fsp3) is 0.455. The highest BCUT2D eigenvalue weighted by Gasteiger charge is 2.72. The summed E-state index contributed by atoms with van der Waals surface area (Å²) < 4.78 is 45.2. The minimum atomic E-state index is -4.45. The molecule has 5 rings (SSSR count). The number of nitrogens with zero attached hydrogens (tertiary/aromatic N) is 1. The van der Waals surface area contributed by atoms with Crippen molar-refractivity contribution in [1.29, 1.82) is 0 Å². The summed E-state index contributed by atoms with van der Waals surface area (Å²) in [5.41, 5.74) is 1.24. The number of aromatic nitrogens is 1. The van der Waals surface area contributed by atoms with Gasteiger partial charge in [0, 0.05) is 23.5 Å². The molecule has 3 fully saturated rings. The van der Waals surface area contributed by atoms with Crippen LogP contribution in [0.3, 0.4) is 0 Å². The third-order valence-electron chi connectivity index (χ3n) is 6.75. The van der Waals surface area contributed by atoms with Crippen molar-refractivity contribution < 1.29 is 22.7 Å². The first-order chi connectivity index (χ1) is 13.8. The Kier molecular flexibility index (Phi) is 4.04. The van der Waals surface area contributed by atoms with Crippen LogP contribution in [-0.4, -0.2) is 23.1 Å². The average Bonchev–Trinajstić information content (AvgIpc) is 3.03. The maximum atomic E-state index is 13.2. The Hall–Kier alpha value is -2.41. The number of nitrogens with one attached hydrogen (secondary N) is 1. The highest BCUT2D eigenvalue weighted by Crippen LogP contribution is 2.68. The Morgan fingerprint density at radius 3 is 2.62 bits per heavy atom. The normalized spacial score (nSPS) is 34.7. The van der Waals surface area contributed by atoms with Crippen LogP contribution in [0, 0.1) is 30.6 Å². The maximum absolute atomic E-state index is 13.2. The number of rotatable bonds is 3. The summed E-state index contributed by atoms with van der Waals surface area (Å²) in [6, 6.07) is 8.64. The smallest absolute Gasteiger partial charge is 0.373 e. The molecule has 2 bridgehead atoms. The third kappa shape index (κ3) is 2.94. The Morgan fingerprint density at radius 2 is 1.90 bits per heavy atom. The molecule has 1 saturated carbocycles. The standard InChI is InChI=1S/C22H21F3N2O2/c1-10-8-12(6-7-26-10)17-18(20-16-11(2)15(16)19(17)29-20)21(28)27-14-5-3-4-13(9-14)22(23,24)25/h3-9,11,15-20H,1-2H3,(H,27,28)/t11-,15?,16?,17-,18+,19+,20-/m1/s1. The predicted molar refractivity (Wildman–Crippen MR) is 100 cm³/mol. The second-order valence-electron chi connectivity index (χ2n) is 8.43. The van der Waals surface area contributed by atoms with E-state index in [-0.39, 0.29) is 29.7 Å². The van der Waals surface area contributed by atoms with E-state index < -0.39 is 17.7 Å². The van der Waals surface area contributed by atoms with E-state index in [2.05, 4.69) is 17.2 Å². The Morgan fingerprint density at radius 1 is 1.14 bits per heavy atom. The molecule has 1 amide bonds. The zero-order valence-electron chi connectivity index (χ0n) is 16.0. The van der Waals surface area contributed by atoms with Crippen LogP contribution in [0.5, 0.6) is 0 Å². The number of anilines is 1. The van der Waals surface area contributed by atoms with Crippen molar-refractivity contribution in [1.82, 2.24) is 4.98 Å². The van der Waals surface area contributed by atoms with Crippen molar-refractivity contribution in [2.75, 3.05) is 5.32 Å². The molecule has 29 heavy (non-hydrogen) atoms. The third-order valence-corrected chi connectivity index (χ3v) is 6.75. The summed E-state index contributed by atoms with van der Waals surface area (Å²) >= 11 is 0. The molecule has 3 heterocycles. The molecule has 1 aromatic carbocycles. The fourth-order valence-corrected chi connectivity index (χ4v) is 5.46.